The van der Waals surface area contributed by atoms with Crippen molar-refractivity contribution in [3.63, 3.8) is 0 Å². The molecular formula is C12H8F2N4O. The Bertz CT molecular complexity index is 613. The van der Waals surface area contributed by atoms with Crippen LogP contribution >= 0.6 is 0 Å². The summed E-state index contributed by atoms with van der Waals surface area (Å²) in [5, 5.41) is 11.5. The summed E-state index contributed by atoms with van der Waals surface area (Å²) in [5.74, 6) is 0.445. The van der Waals surface area contributed by atoms with E-state index in [4.69, 9.17) is 5.26 Å². The highest BCUT2D eigenvalue weighted by atomic mass is 19.3. The fourth-order valence-corrected chi connectivity index (χ4v) is 1.38. The molecule has 0 amide bonds. The highest BCUT2D eigenvalue weighted by Gasteiger charge is 2.05. The lowest BCUT2D eigenvalue weighted by Gasteiger charge is -2.08. The van der Waals surface area contributed by atoms with Gasteiger partial charge in [-0.05, 0) is 18.2 Å². The van der Waals surface area contributed by atoms with Gasteiger partial charge in [0.15, 0.2) is 0 Å². The lowest BCUT2D eigenvalue weighted by molar-refractivity contribution is -0.0497. The minimum Gasteiger partial charge on any atom is -0.435 e. The number of alkyl halides is 2. The summed E-state index contributed by atoms with van der Waals surface area (Å²) < 4.78 is 28.4. The zero-order valence-electron chi connectivity index (χ0n) is 9.55. The first-order chi connectivity index (χ1) is 9.17. The Morgan fingerprint density at radius 1 is 1.32 bits per heavy atom. The van der Waals surface area contributed by atoms with Gasteiger partial charge in [-0.3, -0.25) is 0 Å². The van der Waals surface area contributed by atoms with Crippen molar-refractivity contribution in [1.82, 2.24) is 9.97 Å². The van der Waals surface area contributed by atoms with E-state index in [0.717, 1.165) is 0 Å². The number of benzene rings is 1. The number of anilines is 2. The third kappa shape index (κ3) is 3.61. The Hall–Kier alpha value is -2.75. The van der Waals surface area contributed by atoms with Crippen molar-refractivity contribution < 1.29 is 13.5 Å². The zero-order valence-corrected chi connectivity index (χ0v) is 9.55. The lowest BCUT2D eigenvalue weighted by atomic mass is 10.3. The first kappa shape index (κ1) is 12.7. The van der Waals surface area contributed by atoms with E-state index in [0.29, 0.717) is 11.5 Å². The van der Waals surface area contributed by atoms with Gasteiger partial charge in [-0.2, -0.15) is 14.0 Å². The molecule has 0 fully saturated rings. The maximum absolute atomic E-state index is 12.1. The third-order valence-electron chi connectivity index (χ3n) is 2.09. The topological polar surface area (TPSA) is 70.8 Å². The third-order valence-corrected chi connectivity index (χ3v) is 2.09. The average molecular weight is 262 g/mol. The molecule has 2 rings (SSSR count). The van der Waals surface area contributed by atoms with Gasteiger partial charge < -0.3 is 10.1 Å². The van der Waals surface area contributed by atoms with Gasteiger partial charge in [0.1, 0.15) is 17.6 Å². The quantitative estimate of drug-likeness (QED) is 0.917. The monoisotopic (exact) mass is 262 g/mol. The van der Waals surface area contributed by atoms with Crippen molar-refractivity contribution in [2.75, 3.05) is 5.32 Å². The number of hydrogen-bond acceptors (Lipinski definition) is 5. The van der Waals surface area contributed by atoms with E-state index in [1.54, 1.807) is 24.3 Å². The second-order valence-corrected chi connectivity index (χ2v) is 3.41. The van der Waals surface area contributed by atoms with Gasteiger partial charge in [0, 0.05) is 18.0 Å². The number of nitrogens with zero attached hydrogens (tertiary/aromatic N) is 3. The molecule has 0 aliphatic carbocycles. The molecule has 0 unspecified atom stereocenters. The Morgan fingerprint density at radius 3 is 2.89 bits per heavy atom. The molecule has 0 aliphatic rings. The predicted octanol–water partition coefficient (Wildman–Crippen LogP) is 2.69. The van der Waals surface area contributed by atoms with Crippen LogP contribution in [0.2, 0.25) is 0 Å². The smallest absolute Gasteiger partial charge is 0.387 e. The fraction of sp³-hybridized carbons (Fsp3) is 0.0833. The second-order valence-electron chi connectivity index (χ2n) is 3.41. The molecule has 0 bridgehead atoms. The molecule has 19 heavy (non-hydrogen) atoms. The summed E-state index contributed by atoms with van der Waals surface area (Å²) in [5.41, 5.74) is 0.515. The lowest BCUT2D eigenvalue weighted by Crippen LogP contribution is -2.02. The predicted molar refractivity (Wildman–Crippen MR) is 63.1 cm³/mol. The molecule has 5 nitrogen and oxygen atoms in total. The molecule has 1 heterocycles. The van der Waals surface area contributed by atoms with E-state index in [1.165, 1.54) is 18.3 Å². The number of hydrogen-bond donors (Lipinski definition) is 1. The molecule has 7 heteroatoms. The average Bonchev–Trinajstić information content (AvgIpc) is 2.38. The van der Waals surface area contributed by atoms with Gasteiger partial charge in [-0.15, -0.1) is 0 Å². The molecule has 1 aromatic heterocycles. The molecule has 0 saturated heterocycles. The summed E-state index contributed by atoms with van der Waals surface area (Å²) in [6, 6.07) is 9.40. The van der Waals surface area contributed by atoms with Crippen molar-refractivity contribution in [2.45, 2.75) is 6.61 Å². The Morgan fingerprint density at radius 2 is 2.16 bits per heavy atom. The van der Waals surface area contributed by atoms with Crippen LogP contribution in [-0.2, 0) is 0 Å². The highest BCUT2D eigenvalue weighted by molar-refractivity contribution is 5.58. The normalized spacial score (nSPS) is 10.0. The molecule has 0 atom stereocenters. The molecule has 2 aromatic rings. The maximum Gasteiger partial charge on any atom is 0.387 e. The summed E-state index contributed by atoms with van der Waals surface area (Å²) in [6.45, 7) is -2.88. The minimum atomic E-state index is -2.88. The van der Waals surface area contributed by atoms with Crippen LogP contribution in [0.25, 0.3) is 0 Å². The van der Waals surface area contributed by atoms with Crippen molar-refractivity contribution in [2.24, 2.45) is 0 Å². The van der Waals surface area contributed by atoms with Crippen LogP contribution in [0.4, 0.5) is 20.3 Å². The zero-order chi connectivity index (χ0) is 13.7. The number of nitrogens with one attached hydrogen (secondary N) is 1. The van der Waals surface area contributed by atoms with Crippen LogP contribution < -0.4 is 10.1 Å². The molecule has 0 spiro atoms. The van der Waals surface area contributed by atoms with Crippen molar-refractivity contribution >= 4 is 11.5 Å². The first-order valence-corrected chi connectivity index (χ1v) is 5.22. The molecule has 1 N–H and O–H groups in total. The largest absolute Gasteiger partial charge is 0.435 e. The summed E-state index contributed by atoms with van der Waals surface area (Å²) >= 11 is 0. The highest BCUT2D eigenvalue weighted by Crippen LogP contribution is 2.21. The van der Waals surface area contributed by atoms with Crippen LogP contribution in [-0.4, -0.2) is 16.6 Å². The number of halogens is 2. The molecule has 0 saturated carbocycles. The van der Waals surface area contributed by atoms with Crippen LogP contribution in [0.3, 0.4) is 0 Å². The SMILES string of the molecule is N#Cc1nccc(Nc2cccc(OC(F)F)c2)n1. The van der Waals surface area contributed by atoms with E-state index in [1.807, 2.05) is 0 Å². The number of aromatic nitrogens is 2. The number of nitriles is 1. The van der Waals surface area contributed by atoms with Crippen molar-refractivity contribution in [1.29, 1.82) is 5.26 Å². The number of ether oxygens (including phenoxy) is 1. The van der Waals surface area contributed by atoms with E-state index in [2.05, 4.69) is 20.0 Å². The van der Waals surface area contributed by atoms with Crippen molar-refractivity contribution in [3.8, 4) is 11.8 Å². The molecule has 0 aliphatic heterocycles. The van der Waals surface area contributed by atoms with Gasteiger partial charge in [-0.25, -0.2) is 9.97 Å². The molecule has 96 valence electrons. The number of rotatable bonds is 4. The summed E-state index contributed by atoms with van der Waals surface area (Å²) in [7, 11) is 0. The van der Waals surface area contributed by atoms with Gasteiger partial charge in [0.2, 0.25) is 5.82 Å². The minimum absolute atomic E-state index is 0.0185. The van der Waals surface area contributed by atoms with Gasteiger partial charge in [0.05, 0.1) is 0 Å². The Kier molecular flexibility index (Phi) is 3.83. The maximum atomic E-state index is 12.1. The van der Waals surface area contributed by atoms with E-state index < -0.39 is 6.61 Å². The first-order valence-electron chi connectivity index (χ1n) is 5.22. The van der Waals surface area contributed by atoms with Crippen LogP contribution in [0, 0.1) is 11.3 Å². The molecular weight excluding hydrogens is 254 g/mol. The van der Waals surface area contributed by atoms with Crippen molar-refractivity contribution in [3.05, 3.63) is 42.4 Å². The molecule has 0 radical (unpaired) electrons. The van der Waals surface area contributed by atoms with Crippen LogP contribution in [0.15, 0.2) is 36.5 Å². The van der Waals surface area contributed by atoms with Crippen LogP contribution in [0.1, 0.15) is 5.82 Å². The molecule has 1 aromatic carbocycles. The van der Waals surface area contributed by atoms with Gasteiger partial charge in [-0.1, -0.05) is 6.07 Å². The summed E-state index contributed by atoms with van der Waals surface area (Å²) in [4.78, 5) is 7.63. The van der Waals surface area contributed by atoms with Gasteiger partial charge >= 0.3 is 6.61 Å². The van der Waals surface area contributed by atoms with E-state index in [9.17, 15) is 8.78 Å². The summed E-state index contributed by atoms with van der Waals surface area (Å²) in [6.07, 6.45) is 1.42. The second kappa shape index (κ2) is 5.73. The standard InChI is InChI=1S/C12H8F2N4O/c13-12(14)19-9-3-1-2-8(6-9)17-10-4-5-16-11(7-15)18-10/h1-6,12H,(H,16,17,18). The van der Waals surface area contributed by atoms with Crippen LogP contribution in [0.5, 0.6) is 5.75 Å². The van der Waals surface area contributed by atoms with E-state index >= 15 is 0 Å². The van der Waals surface area contributed by atoms with Gasteiger partial charge in [0.25, 0.3) is 0 Å². The Balaban J connectivity index is 2.16. The van der Waals surface area contributed by atoms with E-state index in [-0.39, 0.29) is 11.6 Å². The Labute approximate surface area is 107 Å². The fourth-order valence-electron chi connectivity index (χ4n) is 1.38.